The van der Waals surface area contributed by atoms with Gasteiger partial charge >= 0.3 is 0 Å². The van der Waals surface area contributed by atoms with Gasteiger partial charge in [0.25, 0.3) is 5.91 Å². The van der Waals surface area contributed by atoms with Crippen LogP contribution >= 0.6 is 11.3 Å². The summed E-state index contributed by atoms with van der Waals surface area (Å²) in [5.41, 5.74) is 5.37. The molecule has 9 heteroatoms. The Morgan fingerprint density at radius 3 is 2.55 bits per heavy atom. The van der Waals surface area contributed by atoms with Gasteiger partial charge in [-0.3, -0.25) is 9.69 Å². The molecule has 0 spiro atoms. The number of hydrogen-bond acceptors (Lipinski definition) is 6. The first-order valence-electron chi connectivity index (χ1n) is 16.2. The Hall–Kier alpha value is -4.41. The number of ether oxygens (including phenoxy) is 3. The highest BCUT2D eigenvalue weighted by Crippen LogP contribution is 2.54. The molecule has 0 radical (unpaired) electrons. The number of methoxy groups -OCH3 is 2. The van der Waals surface area contributed by atoms with Crippen LogP contribution in [0.4, 0.5) is 0 Å². The number of fused-ring (bicyclic) bond motifs is 14. The highest BCUT2D eigenvalue weighted by molar-refractivity contribution is 7.19. The molecule has 47 heavy (non-hydrogen) atoms. The molecule has 8 nitrogen and oxygen atoms in total. The zero-order chi connectivity index (χ0) is 31.8. The fourth-order valence-electron chi connectivity index (χ4n) is 9.08. The van der Waals surface area contributed by atoms with E-state index in [4.69, 9.17) is 14.2 Å². The lowest BCUT2D eigenvalue weighted by Gasteiger charge is -2.50. The Bertz CT molecular complexity index is 2470. The Morgan fingerprint density at radius 1 is 1.00 bits per heavy atom. The molecule has 0 unspecified atom stereocenters. The van der Waals surface area contributed by atoms with Gasteiger partial charge in [-0.2, -0.15) is 0 Å². The Morgan fingerprint density at radius 2 is 1.77 bits per heavy atom. The summed E-state index contributed by atoms with van der Waals surface area (Å²) in [5.74, 6) is 0.869. The predicted octanol–water partition coefficient (Wildman–Crippen LogP) is 7.49. The van der Waals surface area contributed by atoms with E-state index in [1.165, 1.54) is 15.0 Å². The number of hydrogen-bond donors (Lipinski definition) is 1. The number of benzene rings is 4. The first-order valence-corrected chi connectivity index (χ1v) is 17.0. The van der Waals surface area contributed by atoms with Crippen LogP contribution in [-0.4, -0.2) is 53.4 Å². The number of likely N-dealkylation sites (N-methyl/N-ethyl adjacent to an activating group) is 1. The SMILES string of the molecule is COc1ccc2cc(CN(C)[C@@H]3C[C@H]4O[C@@](C)([C@@H]3OC)n3c5ccccc5c5c6c(c7c8ccccc8n4c7c53)C(=O)NC6)sc2c1. The van der Waals surface area contributed by atoms with E-state index >= 15 is 0 Å². The quantitative estimate of drug-likeness (QED) is 0.211. The number of nitrogens with zero attached hydrogens (tertiary/aromatic N) is 3. The lowest BCUT2D eigenvalue weighted by Crippen LogP contribution is -2.60. The largest absolute Gasteiger partial charge is 0.497 e. The molecule has 1 saturated heterocycles. The molecular formula is C38H34N4O4S. The lowest BCUT2D eigenvalue weighted by molar-refractivity contribution is -0.268. The summed E-state index contributed by atoms with van der Waals surface area (Å²) in [6.07, 6.45) is 0.165. The Labute approximate surface area is 275 Å². The van der Waals surface area contributed by atoms with Gasteiger partial charge < -0.3 is 28.7 Å². The second-order valence-electron chi connectivity index (χ2n) is 13.3. The van der Waals surface area contributed by atoms with Crippen LogP contribution in [0, 0.1) is 0 Å². The summed E-state index contributed by atoms with van der Waals surface area (Å²) in [5, 5.41) is 8.75. The Kier molecular flexibility index (Phi) is 5.64. The molecule has 10 rings (SSSR count). The van der Waals surface area contributed by atoms with E-state index in [9.17, 15) is 4.79 Å². The van der Waals surface area contributed by atoms with Gasteiger partial charge in [0, 0.05) is 63.8 Å². The third-order valence-corrected chi connectivity index (χ3v) is 12.0. The van der Waals surface area contributed by atoms with Crippen molar-refractivity contribution in [2.24, 2.45) is 0 Å². The molecule has 3 aliphatic rings. The predicted molar refractivity (Wildman–Crippen MR) is 186 cm³/mol. The first-order chi connectivity index (χ1) is 22.9. The molecule has 4 aromatic carbocycles. The molecule has 7 aromatic rings. The van der Waals surface area contributed by atoms with E-state index in [1.54, 1.807) is 7.11 Å². The van der Waals surface area contributed by atoms with Crippen LogP contribution in [0.5, 0.6) is 5.75 Å². The van der Waals surface area contributed by atoms with Gasteiger partial charge in [-0.15, -0.1) is 11.3 Å². The van der Waals surface area contributed by atoms with E-state index < -0.39 is 5.72 Å². The minimum atomic E-state index is -0.844. The maximum Gasteiger partial charge on any atom is 0.252 e. The van der Waals surface area contributed by atoms with Crippen LogP contribution in [0.25, 0.3) is 53.7 Å². The fourth-order valence-corrected chi connectivity index (χ4v) is 10.2. The van der Waals surface area contributed by atoms with Gasteiger partial charge in [-0.05, 0) is 61.3 Å². The van der Waals surface area contributed by atoms with Gasteiger partial charge in [-0.1, -0.05) is 36.4 Å². The van der Waals surface area contributed by atoms with Crippen LogP contribution in [0.1, 0.15) is 40.4 Å². The zero-order valence-electron chi connectivity index (χ0n) is 26.7. The van der Waals surface area contributed by atoms with Crippen molar-refractivity contribution in [3.8, 4) is 5.75 Å². The van der Waals surface area contributed by atoms with Crippen molar-refractivity contribution in [1.29, 1.82) is 0 Å². The number of thiophene rings is 1. The van der Waals surface area contributed by atoms with E-state index in [0.29, 0.717) is 6.54 Å². The Balaban J connectivity index is 1.23. The number of para-hydroxylation sites is 2. The highest BCUT2D eigenvalue weighted by atomic mass is 32.1. The van der Waals surface area contributed by atoms with Crippen LogP contribution in [0.2, 0.25) is 0 Å². The van der Waals surface area contributed by atoms with Crippen molar-refractivity contribution in [2.75, 3.05) is 21.3 Å². The number of carbonyl (C=O) groups excluding carboxylic acids is 1. The van der Waals surface area contributed by atoms with Crippen molar-refractivity contribution in [3.63, 3.8) is 0 Å². The van der Waals surface area contributed by atoms with Crippen molar-refractivity contribution in [3.05, 3.63) is 88.8 Å². The molecule has 3 aliphatic heterocycles. The minimum Gasteiger partial charge on any atom is -0.497 e. The monoisotopic (exact) mass is 642 g/mol. The molecule has 2 bridgehead atoms. The number of carbonyl (C=O) groups is 1. The van der Waals surface area contributed by atoms with Crippen LogP contribution in [-0.2, 0) is 28.3 Å². The average molecular weight is 643 g/mol. The van der Waals surface area contributed by atoms with Crippen LogP contribution < -0.4 is 10.1 Å². The van der Waals surface area contributed by atoms with Gasteiger partial charge in [0.1, 0.15) is 18.1 Å². The summed E-state index contributed by atoms with van der Waals surface area (Å²) in [7, 11) is 5.74. The van der Waals surface area contributed by atoms with Crippen LogP contribution in [0.15, 0.2) is 72.8 Å². The van der Waals surface area contributed by atoms with E-state index in [1.807, 2.05) is 24.5 Å². The number of amides is 1. The summed E-state index contributed by atoms with van der Waals surface area (Å²) in [4.78, 5) is 17.4. The maximum atomic E-state index is 13.6. The molecule has 1 amide bonds. The second kappa shape index (κ2) is 9.58. The summed E-state index contributed by atoms with van der Waals surface area (Å²) >= 11 is 1.81. The third-order valence-electron chi connectivity index (χ3n) is 10.9. The van der Waals surface area contributed by atoms with E-state index in [0.717, 1.165) is 73.5 Å². The first kappa shape index (κ1) is 27.7. The summed E-state index contributed by atoms with van der Waals surface area (Å²) in [6.45, 7) is 3.48. The number of aromatic nitrogens is 2. The van der Waals surface area contributed by atoms with E-state index in [-0.39, 0.29) is 24.3 Å². The molecule has 4 atom stereocenters. The molecule has 1 N–H and O–H groups in total. The topological polar surface area (TPSA) is 69.9 Å². The van der Waals surface area contributed by atoms with Crippen molar-refractivity contribution >= 4 is 70.9 Å². The molecule has 3 aromatic heterocycles. The molecule has 0 aliphatic carbocycles. The van der Waals surface area contributed by atoms with Crippen molar-refractivity contribution < 1.29 is 19.0 Å². The van der Waals surface area contributed by atoms with Gasteiger partial charge in [0.2, 0.25) is 0 Å². The smallest absolute Gasteiger partial charge is 0.252 e. The standard InChI is InChI=1S/C38H34N4O4S/c1-38-36(45-4)28(40(2)19-22-15-20-13-14-21(44-3)16-29(20)47-22)17-30(46-38)41-26-11-7-5-9-23(26)32-33-25(18-39-37(33)43)31-24-10-6-8-12-27(24)42(38)35(31)34(32)41/h5-16,28,30,36H,17-19H2,1-4H3,(H,39,43)/t28-,30-,36-,38+/m1/s1. The number of nitrogens with one attached hydrogen (secondary N) is 1. The highest BCUT2D eigenvalue weighted by Gasteiger charge is 2.54. The minimum absolute atomic E-state index is 0.00526. The van der Waals surface area contributed by atoms with Gasteiger partial charge in [0.15, 0.2) is 5.72 Å². The molecule has 236 valence electrons. The molecule has 6 heterocycles. The third kappa shape index (κ3) is 3.49. The summed E-state index contributed by atoms with van der Waals surface area (Å²) < 4.78 is 25.4. The van der Waals surface area contributed by atoms with Gasteiger partial charge in [0.05, 0.1) is 34.7 Å². The average Bonchev–Trinajstić information content (AvgIpc) is 3.82. The zero-order valence-corrected chi connectivity index (χ0v) is 27.5. The lowest BCUT2D eigenvalue weighted by atomic mass is 9.91. The normalized spacial score (nSPS) is 23.5. The molecule has 0 saturated carbocycles. The fraction of sp³-hybridized carbons (Fsp3) is 0.289. The molecular weight excluding hydrogens is 609 g/mol. The van der Waals surface area contributed by atoms with Gasteiger partial charge in [-0.25, -0.2) is 0 Å². The second-order valence-corrected chi connectivity index (χ2v) is 14.5. The summed E-state index contributed by atoms with van der Waals surface area (Å²) in [6, 6.07) is 25.6. The van der Waals surface area contributed by atoms with Crippen LogP contribution in [0.3, 0.4) is 0 Å². The van der Waals surface area contributed by atoms with Crippen molar-refractivity contribution in [2.45, 2.75) is 50.5 Å². The van der Waals surface area contributed by atoms with E-state index in [2.05, 4.69) is 100 Å². The van der Waals surface area contributed by atoms with Crippen molar-refractivity contribution in [1.82, 2.24) is 19.4 Å². The number of rotatable bonds is 5. The molecule has 1 fully saturated rings. The maximum absolute atomic E-state index is 13.6.